The number of amides is 2. The van der Waals surface area contributed by atoms with Crippen LogP contribution in [0.5, 0.6) is 0 Å². The molecule has 0 fully saturated rings. The monoisotopic (exact) mass is 329 g/mol. The van der Waals surface area contributed by atoms with Crippen molar-refractivity contribution in [1.29, 1.82) is 0 Å². The summed E-state index contributed by atoms with van der Waals surface area (Å²) in [5, 5.41) is 6.93. The molecule has 1 heterocycles. The molecule has 0 bridgehead atoms. The lowest BCUT2D eigenvalue weighted by Gasteiger charge is -2.24. The van der Waals surface area contributed by atoms with Crippen molar-refractivity contribution >= 4 is 22.7 Å². The Kier molecular flexibility index (Phi) is 5.65. The summed E-state index contributed by atoms with van der Waals surface area (Å²) in [6.45, 7) is 7.75. The predicted molar refractivity (Wildman–Crippen MR) is 96.7 cm³/mol. The van der Waals surface area contributed by atoms with Gasteiger partial charge in [-0.05, 0) is 45.2 Å². The van der Waals surface area contributed by atoms with Crippen molar-refractivity contribution in [2.45, 2.75) is 46.6 Å². The Morgan fingerprint density at radius 1 is 1.21 bits per heavy atom. The summed E-state index contributed by atoms with van der Waals surface area (Å²) in [6, 6.07) is 8.14. The van der Waals surface area contributed by atoms with Crippen LogP contribution in [0.2, 0.25) is 0 Å². The lowest BCUT2D eigenvalue weighted by molar-refractivity contribution is -0.141. The van der Waals surface area contributed by atoms with E-state index in [1.807, 2.05) is 38.2 Å². The second kappa shape index (κ2) is 7.51. The molecule has 130 valence electrons. The molecule has 0 aliphatic rings. The van der Waals surface area contributed by atoms with Gasteiger partial charge in [-0.25, -0.2) is 0 Å². The Balaban J connectivity index is 1.91. The Labute approximate surface area is 143 Å². The van der Waals surface area contributed by atoms with Gasteiger partial charge in [-0.15, -0.1) is 0 Å². The lowest BCUT2D eigenvalue weighted by atomic mass is 9.90. The van der Waals surface area contributed by atoms with E-state index >= 15 is 0 Å². The number of carbonyl (C=O) groups excluding carboxylic acids is 2. The molecule has 24 heavy (non-hydrogen) atoms. The zero-order chi connectivity index (χ0) is 17.7. The van der Waals surface area contributed by atoms with Crippen molar-refractivity contribution in [2.24, 2.45) is 5.41 Å². The summed E-state index contributed by atoms with van der Waals surface area (Å²) in [4.78, 5) is 27.9. The number of aromatic nitrogens is 1. The maximum atomic E-state index is 12.4. The largest absolute Gasteiger partial charge is 0.361 e. The number of aromatic amines is 1. The maximum absolute atomic E-state index is 12.4. The molecule has 0 radical (unpaired) electrons. The smallest absolute Gasteiger partial charge is 0.235 e. The number of para-hydroxylation sites is 1. The van der Waals surface area contributed by atoms with Crippen LogP contribution in [0.15, 0.2) is 30.5 Å². The van der Waals surface area contributed by atoms with Crippen molar-refractivity contribution in [2.75, 3.05) is 6.54 Å². The van der Waals surface area contributed by atoms with Gasteiger partial charge in [0.15, 0.2) is 0 Å². The van der Waals surface area contributed by atoms with Crippen LogP contribution in [0, 0.1) is 5.41 Å². The first-order chi connectivity index (χ1) is 11.4. The van der Waals surface area contributed by atoms with Crippen molar-refractivity contribution in [3.05, 3.63) is 36.0 Å². The van der Waals surface area contributed by atoms with E-state index in [2.05, 4.69) is 21.7 Å². The Bertz CT molecular complexity index is 718. The number of nitrogens with one attached hydrogen (secondary N) is 3. The van der Waals surface area contributed by atoms with Crippen LogP contribution in [0.25, 0.3) is 10.9 Å². The highest BCUT2D eigenvalue weighted by atomic mass is 16.2. The summed E-state index contributed by atoms with van der Waals surface area (Å²) in [5.74, 6) is -0.482. The normalized spacial score (nSPS) is 12.8. The molecule has 5 heteroatoms. The molecule has 0 saturated heterocycles. The number of H-pyrrole nitrogens is 1. The molecular formula is C19H27N3O2. The molecule has 0 aliphatic carbocycles. The van der Waals surface area contributed by atoms with Crippen LogP contribution < -0.4 is 10.6 Å². The number of carbonyl (C=O) groups is 2. The van der Waals surface area contributed by atoms with Gasteiger partial charge in [0, 0.05) is 29.7 Å². The molecule has 0 aliphatic heterocycles. The fourth-order valence-electron chi connectivity index (χ4n) is 2.48. The van der Waals surface area contributed by atoms with Crippen LogP contribution >= 0.6 is 0 Å². The molecule has 0 spiro atoms. The molecular weight excluding hydrogens is 302 g/mol. The van der Waals surface area contributed by atoms with Crippen LogP contribution in [0.4, 0.5) is 0 Å². The highest BCUT2D eigenvalue weighted by Crippen LogP contribution is 2.19. The molecule has 2 rings (SSSR count). The molecule has 1 atom stereocenters. The van der Waals surface area contributed by atoms with Gasteiger partial charge < -0.3 is 15.6 Å². The van der Waals surface area contributed by atoms with Crippen LogP contribution in [0.3, 0.4) is 0 Å². The molecule has 5 nitrogen and oxygen atoms in total. The molecule has 1 unspecified atom stereocenters. The molecule has 2 amide bonds. The first kappa shape index (κ1) is 18.0. The minimum absolute atomic E-state index is 0.0656. The van der Waals surface area contributed by atoms with Gasteiger partial charge >= 0.3 is 0 Å². The quantitative estimate of drug-likeness (QED) is 0.683. The second-order valence-corrected chi connectivity index (χ2v) is 6.77. The lowest BCUT2D eigenvalue weighted by Crippen LogP contribution is -2.50. The molecule has 2 aromatic rings. The van der Waals surface area contributed by atoms with Gasteiger partial charge in [0.2, 0.25) is 11.8 Å². The molecule has 0 saturated carbocycles. The number of rotatable bonds is 7. The number of hydrogen-bond acceptors (Lipinski definition) is 2. The van der Waals surface area contributed by atoms with E-state index in [0.29, 0.717) is 6.54 Å². The zero-order valence-corrected chi connectivity index (χ0v) is 14.9. The van der Waals surface area contributed by atoms with Gasteiger partial charge in [-0.2, -0.15) is 0 Å². The number of fused-ring (bicyclic) bond motifs is 1. The minimum Gasteiger partial charge on any atom is -0.361 e. The fraction of sp³-hybridized carbons (Fsp3) is 0.474. The zero-order valence-electron chi connectivity index (χ0n) is 14.9. The van der Waals surface area contributed by atoms with E-state index in [4.69, 9.17) is 0 Å². The Hall–Kier alpha value is -2.30. The Morgan fingerprint density at radius 3 is 2.62 bits per heavy atom. The molecule has 3 N–H and O–H groups in total. The standard InChI is InChI=1S/C19H27N3O2/c1-5-13(2)22-18(24)19(3,4)17(23)20-11-10-14-12-21-16-9-7-6-8-15(14)16/h6-9,12-13,21H,5,10-11H2,1-4H3,(H,20,23)(H,22,24). The van der Waals surface area contributed by atoms with Crippen molar-refractivity contribution in [3.63, 3.8) is 0 Å². The first-order valence-electron chi connectivity index (χ1n) is 8.50. The molecule has 1 aromatic heterocycles. The van der Waals surface area contributed by atoms with E-state index in [1.54, 1.807) is 13.8 Å². The first-order valence-corrected chi connectivity index (χ1v) is 8.50. The van der Waals surface area contributed by atoms with Crippen molar-refractivity contribution in [1.82, 2.24) is 15.6 Å². The average Bonchev–Trinajstić information content (AvgIpc) is 2.97. The second-order valence-electron chi connectivity index (χ2n) is 6.77. The van der Waals surface area contributed by atoms with E-state index in [9.17, 15) is 9.59 Å². The highest BCUT2D eigenvalue weighted by Gasteiger charge is 2.36. The van der Waals surface area contributed by atoms with Crippen LogP contribution in [-0.2, 0) is 16.0 Å². The van der Waals surface area contributed by atoms with Crippen molar-refractivity contribution in [3.8, 4) is 0 Å². The summed E-state index contributed by atoms with van der Waals surface area (Å²) in [6.07, 6.45) is 3.53. The van der Waals surface area contributed by atoms with E-state index in [1.165, 1.54) is 5.39 Å². The summed E-state index contributed by atoms with van der Waals surface area (Å²) < 4.78 is 0. The third-order valence-electron chi connectivity index (χ3n) is 4.48. The third-order valence-corrected chi connectivity index (χ3v) is 4.48. The van der Waals surface area contributed by atoms with E-state index < -0.39 is 5.41 Å². The van der Waals surface area contributed by atoms with E-state index in [0.717, 1.165) is 23.9 Å². The van der Waals surface area contributed by atoms with Gasteiger partial charge in [0.1, 0.15) is 5.41 Å². The Morgan fingerprint density at radius 2 is 1.92 bits per heavy atom. The van der Waals surface area contributed by atoms with Crippen LogP contribution in [-0.4, -0.2) is 29.4 Å². The topological polar surface area (TPSA) is 74.0 Å². The van der Waals surface area contributed by atoms with Crippen molar-refractivity contribution < 1.29 is 9.59 Å². The van der Waals surface area contributed by atoms with Gasteiger partial charge in [-0.3, -0.25) is 9.59 Å². The van der Waals surface area contributed by atoms with Crippen LogP contribution in [0.1, 0.15) is 39.7 Å². The van der Waals surface area contributed by atoms with Gasteiger partial charge in [-0.1, -0.05) is 25.1 Å². The number of hydrogen-bond donors (Lipinski definition) is 3. The predicted octanol–water partition coefficient (Wildman–Crippen LogP) is 2.77. The minimum atomic E-state index is -1.08. The maximum Gasteiger partial charge on any atom is 0.235 e. The summed E-state index contributed by atoms with van der Waals surface area (Å²) in [7, 11) is 0. The number of benzene rings is 1. The summed E-state index contributed by atoms with van der Waals surface area (Å²) >= 11 is 0. The van der Waals surface area contributed by atoms with Gasteiger partial charge in [0.25, 0.3) is 0 Å². The third kappa shape index (κ3) is 3.96. The molecule has 1 aromatic carbocycles. The SMILES string of the molecule is CCC(C)NC(=O)C(C)(C)C(=O)NCCc1c[nH]c2ccccc12. The highest BCUT2D eigenvalue weighted by molar-refractivity contribution is 6.04. The van der Waals surface area contributed by atoms with Gasteiger partial charge in [0.05, 0.1) is 0 Å². The summed E-state index contributed by atoms with van der Waals surface area (Å²) in [5.41, 5.74) is 1.17. The average molecular weight is 329 g/mol. The van der Waals surface area contributed by atoms with E-state index in [-0.39, 0.29) is 17.9 Å². The fourth-order valence-corrected chi connectivity index (χ4v) is 2.48.